The largest absolute Gasteiger partial charge is 0.478 e. The molecule has 0 aliphatic heterocycles. The molecule has 0 spiro atoms. The van der Waals surface area contributed by atoms with E-state index in [0.717, 1.165) is 24.3 Å². The van der Waals surface area contributed by atoms with Crippen LogP contribution in [0.1, 0.15) is 25.3 Å². The Hall–Kier alpha value is -1.28. The predicted octanol–water partition coefficient (Wildman–Crippen LogP) is 3.94. The number of rotatable bonds is 6. The summed E-state index contributed by atoms with van der Waals surface area (Å²) in [7, 11) is 0. The van der Waals surface area contributed by atoms with Crippen LogP contribution in [-0.2, 0) is 11.2 Å². The molecule has 1 rings (SSSR count). The fourth-order valence-corrected chi connectivity index (χ4v) is 1.92. The van der Waals surface area contributed by atoms with Crippen molar-refractivity contribution in [2.24, 2.45) is 5.92 Å². The number of carboxylic acid groups (broad SMARTS) is 1. The smallest absolute Gasteiger partial charge is 0.331 e. The molecule has 0 amide bonds. The maximum absolute atomic E-state index is 10.8. The van der Waals surface area contributed by atoms with E-state index < -0.39 is 5.97 Å². The van der Waals surface area contributed by atoms with Crippen LogP contribution in [0, 0.1) is 5.92 Å². The lowest BCUT2D eigenvalue weighted by Crippen LogP contribution is -2.11. The first-order valence-electron chi connectivity index (χ1n) is 5.71. The molecule has 1 aromatic carbocycles. The predicted molar refractivity (Wildman–Crippen MR) is 70.3 cm³/mol. The number of hydrogen-bond acceptors (Lipinski definition) is 1. The highest BCUT2D eigenvalue weighted by Crippen LogP contribution is 2.21. The van der Waals surface area contributed by atoms with Crippen LogP contribution in [-0.4, -0.2) is 11.1 Å². The van der Waals surface area contributed by atoms with Crippen LogP contribution in [0.5, 0.6) is 0 Å². The van der Waals surface area contributed by atoms with E-state index in [4.69, 9.17) is 16.7 Å². The van der Waals surface area contributed by atoms with E-state index in [9.17, 15) is 4.79 Å². The number of hydrogen-bond donors (Lipinski definition) is 1. The maximum Gasteiger partial charge on any atom is 0.331 e. The third-order valence-corrected chi connectivity index (χ3v) is 3.21. The molecule has 0 fully saturated rings. The minimum atomic E-state index is -0.895. The summed E-state index contributed by atoms with van der Waals surface area (Å²) in [5.74, 6) is -0.851. The van der Waals surface area contributed by atoms with Crippen molar-refractivity contribution in [3.05, 3.63) is 47.0 Å². The minimum Gasteiger partial charge on any atom is -0.478 e. The summed E-state index contributed by atoms with van der Waals surface area (Å²) in [6.45, 7) is 5.62. The molecule has 0 radical (unpaired) electrons. The van der Waals surface area contributed by atoms with Gasteiger partial charge in [0.1, 0.15) is 0 Å². The third kappa shape index (κ3) is 4.23. The molecule has 0 heterocycles. The van der Waals surface area contributed by atoms with Gasteiger partial charge in [-0.2, -0.15) is 0 Å². The Labute approximate surface area is 107 Å². The zero-order chi connectivity index (χ0) is 12.8. The van der Waals surface area contributed by atoms with Crippen molar-refractivity contribution in [3.63, 3.8) is 0 Å². The lowest BCUT2D eigenvalue weighted by Gasteiger charge is -2.14. The first kappa shape index (κ1) is 13.8. The van der Waals surface area contributed by atoms with Gasteiger partial charge in [-0.3, -0.25) is 0 Å². The maximum atomic E-state index is 10.8. The highest BCUT2D eigenvalue weighted by Gasteiger charge is 2.16. The van der Waals surface area contributed by atoms with Gasteiger partial charge >= 0.3 is 5.97 Å². The molecular weight excluding hydrogens is 236 g/mol. The van der Waals surface area contributed by atoms with Gasteiger partial charge in [-0.05, 0) is 42.9 Å². The van der Waals surface area contributed by atoms with E-state index in [2.05, 4.69) is 6.58 Å². The number of halogens is 1. The topological polar surface area (TPSA) is 37.3 Å². The molecule has 0 aliphatic rings. The Morgan fingerprint density at radius 1 is 1.41 bits per heavy atom. The van der Waals surface area contributed by atoms with Crippen LogP contribution in [0.2, 0.25) is 5.02 Å². The van der Waals surface area contributed by atoms with Crippen molar-refractivity contribution in [1.29, 1.82) is 0 Å². The van der Waals surface area contributed by atoms with E-state index in [-0.39, 0.29) is 5.92 Å². The number of carbonyl (C=O) groups is 1. The molecule has 1 aromatic rings. The Morgan fingerprint density at radius 2 is 2.00 bits per heavy atom. The highest BCUT2D eigenvalue weighted by atomic mass is 35.5. The van der Waals surface area contributed by atoms with Gasteiger partial charge in [0, 0.05) is 10.6 Å². The average Bonchev–Trinajstić information content (AvgIpc) is 2.31. The number of benzene rings is 1. The summed E-state index contributed by atoms with van der Waals surface area (Å²) in [5.41, 5.74) is 1.48. The summed E-state index contributed by atoms with van der Waals surface area (Å²) in [6, 6.07) is 7.64. The van der Waals surface area contributed by atoms with Crippen molar-refractivity contribution in [2.45, 2.75) is 26.2 Å². The first-order valence-corrected chi connectivity index (χ1v) is 6.09. The molecule has 0 aliphatic carbocycles. The van der Waals surface area contributed by atoms with Gasteiger partial charge in [0.2, 0.25) is 0 Å². The number of aliphatic carboxylic acids is 1. The van der Waals surface area contributed by atoms with Gasteiger partial charge in [0.15, 0.2) is 0 Å². The molecule has 3 heteroatoms. The van der Waals surface area contributed by atoms with Gasteiger partial charge in [-0.15, -0.1) is 0 Å². The molecule has 0 aromatic heterocycles. The standard InChI is InChI=1S/C14H17ClO2/c1-3-12(10(2)14(16)17)7-4-11-5-8-13(15)9-6-11/h5-6,8-9,12H,2-4,7H2,1H3,(H,16,17). The second-order valence-corrected chi connectivity index (χ2v) is 4.54. The van der Waals surface area contributed by atoms with Crippen LogP contribution in [0.25, 0.3) is 0 Å². The molecule has 2 nitrogen and oxygen atoms in total. The van der Waals surface area contributed by atoms with Crippen molar-refractivity contribution in [1.82, 2.24) is 0 Å². The Morgan fingerprint density at radius 3 is 2.47 bits per heavy atom. The minimum absolute atomic E-state index is 0.0446. The Kier molecular flexibility index (Phi) is 5.23. The van der Waals surface area contributed by atoms with E-state index in [0.29, 0.717) is 5.57 Å². The van der Waals surface area contributed by atoms with Crippen molar-refractivity contribution in [3.8, 4) is 0 Å². The van der Waals surface area contributed by atoms with Gasteiger partial charge in [-0.25, -0.2) is 4.79 Å². The quantitative estimate of drug-likeness (QED) is 0.779. The number of carboxylic acids is 1. The zero-order valence-corrected chi connectivity index (χ0v) is 10.7. The molecular formula is C14H17ClO2. The summed E-state index contributed by atoms with van der Waals surface area (Å²) < 4.78 is 0. The molecule has 0 saturated heterocycles. The lowest BCUT2D eigenvalue weighted by molar-refractivity contribution is -0.133. The van der Waals surface area contributed by atoms with Crippen LogP contribution in [0.4, 0.5) is 0 Å². The summed E-state index contributed by atoms with van der Waals surface area (Å²) >= 11 is 5.80. The van der Waals surface area contributed by atoms with Crippen molar-refractivity contribution in [2.75, 3.05) is 0 Å². The van der Waals surface area contributed by atoms with E-state index in [1.165, 1.54) is 5.56 Å². The second kappa shape index (κ2) is 6.45. The van der Waals surface area contributed by atoms with Crippen LogP contribution < -0.4 is 0 Å². The van der Waals surface area contributed by atoms with Crippen LogP contribution >= 0.6 is 11.6 Å². The molecule has 1 N–H and O–H groups in total. The molecule has 1 unspecified atom stereocenters. The van der Waals surface area contributed by atoms with E-state index in [1.54, 1.807) is 0 Å². The molecule has 0 bridgehead atoms. The normalized spacial score (nSPS) is 12.1. The lowest BCUT2D eigenvalue weighted by atomic mass is 9.91. The van der Waals surface area contributed by atoms with Crippen molar-refractivity contribution < 1.29 is 9.90 Å². The summed E-state index contributed by atoms with van der Waals surface area (Å²) in [4.78, 5) is 10.8. The average molecular weight is 253 g/mol. The van der Waals surface area contributed by atoms with Crippen LogP contribution in [0.15, 0.2) is 36.4 Å². The van der Waals surface area contributed by atoms with E-state index >= 15 is 0 Å². The van der Waals surface area contributed by atoms with Gasteiger partial charge in [0.05, 0.1) is 0 Å². The van der Waals surface area contributed by atoms with Gasteiger partial charge in [0.25, 0.3) is 0 Å². The molecule has 17 heavy (non-hydrogen) atoms. The van der Waals surface area contributed by atoms with Crippen molar-refractivity contribution >= 4 is 17.6 Å². The fraction of sp³-hybridized carbons (Fsp3) is 0.357. The van der Waals surface area contributed by atoms with Crippen LogP contribution in [0.3, 0.4) is 0 Å². The monoisotopic (exact) mass is 252 g/mol. The van der Waals surface area contributed by atoms with Gasteiger partial charge in [-0.1, -0.05) is 37.2 Å². The molecule has 1 atom stereocenters. The summed E-state index contributed by atoms with van der Waals surface area (Å²) in [6.07, 6.45) is 2.46. The Bertz CT molecular complexity index is 395. The highest BCUT2D eigenvalue weighted by molar-refractivity contribution is 6.30. The Balaban J connectivity index is 2.56. The first-order chi connectivity index (χ1) is 8.04. The molecule has 0 saturated carbocycles. The van der Waals surface area contributed by atoms with E-state index in [1.807, 2.05) is 31.2 Å². The zero-order valence-electron chi connectivity index (χ0n) is 9.95. The number of aryl methyl sites for hydroxylation is 1. The second-order valence-electron chi connectivity index (χ2n) is 4.10. The van der Waals surface area contributed by atoms with Gasteiger partial charge < -0.3 is 5.11 Å². The fourth-order valence-electron chi connectivity index (χ4n) is 1.79. The molecule has 92 valence electrons. The summed E-state index contributed by atoms with van der Waals surface area (Å²) in [5, 5.41) is 9.62. The third-order valence-electron chi connectivity index (χ3n) is 2.96. The SMILES string of the molecule is C=C(C(=O)O)C(CC)CCc1ccc(Cl)cc1.